The first-order valence-electron chi connectivity index (χ1n) is 5.18. The van der Waals surface area contributed by atoms with Crippen molar-refractivity contribution in [3.05, 3.63) is 24.2 Å². The van der Waals surface area contributed by atoms with Gasteiger partial charge in [-0.25, -0.2) is 0 Å². The van der Waals surface area contributed by atoms with Crippen molar-refractivity contribution in [2.75, 3.05) is 13.2 Å². The van der Waals surface area contributed by atoms with E-state index in [0.29, 0.717) is 6.61 Å². The second-order valence-corrected chi connectivity index (χ2v) is 3.37. The van der Waals surface area contributed by atoms with E-state index in [0.717, 1.165) is 18.4 Å². The molecule has 0 aliphatic rings. The number of carbonyl (C=O) groups excluding carboxylic acids is 1. The molecule has 1 unspecified atom stereocenters. The van der Waals surface area contributed by atoms with Crippen molar-refractivity contribution in [2.24, 2.45) is 5.73 Å². The summed E-state index contributed by atoms with van der Waals surface area (Å²) in [5.41, 5.74) is 6.30. The summed E-state index contributed by atoms with van der Waals surface area (Å²) in [5.74, 6) is -0.673. The Balaban J connectivity index is 2.48. The third-order valence-electron chi connectivity index (χ3n) is 2.21. The van der Waals surface area contributed by atoms with Crippen LogP contribution in [0.5, 0.6) is 0 Å². The van der Waals surface area contributed by atoms with Crippen molar-refractivity contribution in [1.29, 1.82) is 0 Å². The molecule has 0 saturated carbocycles. The van der Waals surface area contributed by atoms with Gasteiger partial charge in [0.25, 0.3) is 0 Å². The van der Waals surface area contributed by atoms with E-state index >= 15 is 0 Å². The molecule has 4 nitrogen and oxygen atoms in total. The van der Waals surface area contributed by atoms with Crippen molar-refractivity contribution in [1.82, 2.24) is 0 Å². The van der Waals surface area contributed by atoms with Crippen LogP contribution < -0.4 is 5.73 Å². The number of esters is 1. The van der Waals surface area contributed by atoms with Crippen molar-refractivity contribution in [2.45, 2.75) is 25.7 Å². The maximum Gasteiger partial charge on any atom is 0.314 e. The Bertz CT molecular complexity index is 282. The van der Waals surface area contributed by atoms with Crippen LogP contribution in [0.3, 0.4) is 0 Å². The molecule has 1 aromatic heterocycles. The molecule has 84 valence electrons. The number of rotatable bonds is 6. The van der Waals surface area contributed by atoms with Crippen molar-refractivity contribution < 1.29 is 13.9 Å². The molecule has 0 bridgehead atoms. The second-order valence-electron chi connectivity index (χ2n) is 3.37. The molecule has 0 aromatic carbocycles. The van der Waals surface area contributed by atoms with E-state index in [2.05, 4.69) is 0 Å². The number of carbonyl (C=O) groups is 1. The van der Waals surface area contributed by atoms with E-state index in [-0.39, 0.29) is 12.5 Å². The van der Waals surface area contributed by atoms with Crippen LogP contribution in [0.15, 0.2) is 23.0 Å². The molecule has 1 heterocycles. The first-order chi connectivity index (χ1) is 7.29. The van der Waals surface area contributed by atoms with Gasteiger partial charge in [0.1, 0.15) is 0 Å². The zero-order valence-electron chi connectivity index (χ0n) is 8.94. The summed E-state index contributed by atoms with van der Waals surface area (Å²) in [4.78, 5) is 11.6. The van der Waals surface area contributed by atoms with Crippen LogP contribution in [0.2, 0.25) is 0 Å². The Morgan fingerprint density at radius 1 is 1.67 bits per heavy atom. The van der Waals surface area contributed by atoms with E-state index < -0.39 is 5.92 Å². The molecular formula is C11H17NO3. The third-order valence-corrected chi connectivity index (χ3v) is 2.21. The molecule has 0 amide bonds. The first-order valence-corrected chi connectivity index (χ1v) is 5.18. The minimum Gasteiger partial charge on any atom is -0.472 e. The molecule has 0 aliphatic carbocycles. The number of unbranched alkanes of at least 4 members (excludes halogenated alkanes) is 1. The monoisotopic (exact) mass is 211 g/mol. The molecule has 1 aromatic rings. The predicted octanol–water partition coefficient (Wildman–Crippen LogP) is 1.67. The quantitative estimate of drug-likeness (QED) is 0.574. The second kappa shape index (κ2) is 6.24. The SMILES string of the molecule is CCCCOC(=O)C(CN)c1ccoc1. The number of nitrogens with two attached hydrogens (primary N) is 1. The summed E-state index contributed by atoms with van der Waals surface area (Å²) in [6.07, 6.45) is 4.94. The lowest BCUT2D eigenvalue weighted by Crippen LogP contribution is -2.23. The van der Waals surface area contributed by atoms with Gasteiger partial charge in [0, 0.05) is 12.1 Å². The van der Waals surface area contributed by atoms with E-state index in [9.17, 15) is 4.79 Å². The maximum atomic E-state index is 11.6. The Kier molecular flexibility index (Phi) is 4.90. The fourth-order valence-corrected chi connectivity index (χ4v) is 1.26. The number of ether oxygens (including phenoxy) is 1. The van der Waals surface area contributed by atoms with E-state index in [4.69, 9.17) is 14.9 Å². The van der Waals surface area contributed by atoms with Gasteiger partial charge >= 0.3 is 5.97 Å². The third kappa shape index (κ3) is 3.40. The summed E-state index contributed by atoms with van der Waals surface area (Å²) < 4.78 is 10.0. The highest BCUT2D eigenvalue weighted by molar-refractivity contribution is 5.78. The van der Waals surface area contributed by atoms with Gasteiger partial charge in [-0.05, 0) is 12.5 Å². The van der Waals surface area contributed by atoms with Crippen molar-refractivity contribution >= 4 is 5.97 Å². The van der Waals surface area contributed by atoms with Gasteiger partial charge in [-0.3, -0.25) is 4.79 Å². The number of hydrogen-bond acceptors (Lipinski definition) is 4. The summed E-state index contributed by atoms with van der Waals surface area (Å²) in [5, 5.41) is 0. The van der Waals surface area contributed by atoms with E-state index in [1.54, 1.807) is 6.07 Å². The van der Waals surface area contributed by atoms with Crippen LogP contribution in [0.1, 0.15) is 31.2 Å². The Morgan fingerprint density at radius 2 is 2.47 bits per heavy atom. The van der Waals surface area contributed by atoms with Gasteiger partial charge in [-0.1, -0.05) is 13.3 Å². The lowest BCUT2D eigenvalue weighted by molar-refractivity contribution is -0.145. The largest absolute Gasteiger partial charge is 0.472 e. The average molecular weight is 211 g/mol. The van der Waals surface area contributed by atoms with Gasteiger partial charge in [0.15, 0.2) is 0 Å². The Labute approximate surface area is 89.4 Å². The number of hydrogen-bond donors (Lipinski definition) is 1. The van der Waals surface area contributed by atoms with Gasteiger partial charge in [0.05, 0.1) is 25.1 Å². The average Bonchev–Trinajstić information content (AvgIpc) is 2.73. The minimum absolute atomic E-state index is 0.241. The predicted molar refractivity (Wildman–Crippen MR) is 56.4 cm³/mol. The number of furan rings is 1. The molecule has 0 saturated heterocycles. The molecule has 0 radical (unpaired) electrons. The fourth-order valence-electron chi connectivity index (χ4n) is 1.26. The van der Waals surface area contributed by atoms with Crippen molar-refractivity contribution in [3.8, 4) is 0 Å². The standard InChI is InChI=1S/C11H17NO3/c1-2-3-5-15-11(13)10(7-12)9-4-6-14-8-9/h4,6,8,10H,2-3,5,7,12H2,1H3. The summed E-state index contributed by atoms with van der Waals surface area (Å²) in [6.45, 7) is 2.75. The molecule has 0 spiro atoms. The van der Waals surface area contributed by atoms with E-state index in [1.807, 2.05) is 6.92 Å². The highest BCUT2D eigenvalue weighted by atomic mass is 16.5. The van der Waals surface area contributed by atoms with Gasteiger partial charge in [-0.15, -0.1) is 0 Å². The Morgan fingerprint density at radius 3 is 3.00 bits per heavy atom. The van der Waals surface area contributed by atoms with Gasteiger partial charge in [0.2, 0.25) is 0 Å². The van der Waals surface area contributed by atoms with Crippen LogP contribution in [0.4, 0.5) is 0 Å². The Hall–Kier alpha value is -1.29. The minimum atomic E-state index is -0.402. The molecule has 0 fully saturated rings. The van der Waals surface area contributed by atoms with Crippen LogP contribution >= 0.6 is 0 Å². The molecule has 1 rings (SSSR count). The first kappa shape index (κ1) is 11.8. The summed E-state index contributed by atoms with van der Waals surface area (Å²) >= 11 is 0. The van der Waals surface area contributed by atoms with Crippen LogP contribution in [-0.4, -0.2) is 19.1 Å². The van der Waals surface area contributed by atoms with Gasteiger partial charge in [-0.2, -0.15) is 0 Å². The van der Waals surface area contributed by atoms with Crippen LogP contribution in [0, 0.1) is 0 Å². The molecule has 0 aliphatic heterocycles. The molecule has 15 heavy (non-hydrogen) atoms. The van der Waals surface area contributed by atoms with Crippen LogP contribution in [-0.2, 0) is 9.53 Å². The zero-order chi connectivity index (χ0) is 11.1. The smallest absolute Gasteiger partial charge is 0.314 e. The molecule has 2 N–H and O–H groups in total. The summed E-state index contributed by atoms with van der Waals surface area (Å²) in [6, 6.07) is 1.73. The fraction of sp³-hybridized carbons (Fsp3) is 0.545. The zero-order valence-corrected chi connectivity index (χ0v) is 8.94. The van der Waals surface area contributed by atoms with E-state index in [1.165, 1.54) is 12.5 Å². The maximum absolute atomic E-state index is 11.6. The lowest BCUT2D eigenvalue weighted by atomic mass is 10.0. The van der Waals surface area contributed by atoms with Gasteiger partial charge < -0.3 is 14.9 Å². The van der Waals surface area contributed by atoms with Crippen molar-refractivity contribution in [3.63, 3.8) is 0 Å². The molecule has 1 atom stereocenters. The summed E-state index contributed by atoms with van der Waals surface area (Å²) in [7, 11) is 0. The highest BCUT2D eigenvalue weighted by Gasteiger charge is 2.21. The normalized spacial score (nSPS) is 12.4. The topological polar surface area (TPSA) is 65.5 Å². The molecule has 4 heteroatoms. The molecular weight excluding hydrogens is 194 g/mol. The lowest BCUT2D eigenvalue weighted by Gasteiger charge is -2.11. The highest BCUT2D eigenvalue weighted by Crippen LogP contribution is 2.16. The van der Waals surface area contributed by atoms with Crippen LogP contribution in [0.25, 0.3) is 0 Å².